The van der Waals surface area contributed by atoms with Gasteiger partial charge < -0.3 is 9.73 Å². The second-order valence-electron chi connectivity index (χ2n) is 3.08. The van der Waals surface area contributed by atoms with Gasteiger partial charge in [0.1, 0.15) is 0 Å². The first-order valence-electron chi connectivity index (χ1n) is 4.48. The van der Waals surface area contributed by atoms with Crippen molar-refractivity contribution in [2.75, 3.05) is 0 Å². The Morgan fingerprint density at radius 2 is 2.43 bits per heavy atom. The number of nitrogens with one attached hydrogen (secondary N) is 1. The first-order chi connectivity index (χ1) is 6.84. The van der Waals surface area contributed by atoms with E-state index < -0.39 is 0 Å². The maximum Gasteiger partial charge on any atom is 0.0947 e. The maximum atomic E-state index is 4.97. The highest BCUT2D eigenvalue weighted by molar-refractivity contribution is 7.11. The van der Waals surface area contributed by atoms with Crippen molar-refractivity contribution >= 4 is 11.3 Å². The van der Waals surface area contributed by atoms with Crippen LogP contribution in [0.15, 0.2) is 29.2 Å². The summed E-state index contributed by atoms with van der Waals surface area (Å²) >= 11 is 1.73. The molecule has 0 fully saturated rings. The van der Waals surface area contributed by atoms with E-state index in [9.17, 15) is 0 Å². The molecule has 0 spiro atoms. The molecule has 0 bridgehead atoms. The predicted molar refractivity (Wildman–Crippen MR) is 56.1 cm³/mol. The van der Waals surface area contributed by atoms with E-state index >= 15 is 0 Å². The monoisotopic (exact) mass is 208 g/mol. The standard InChI is InChI=1S/C10H12N2OS/c1-8-12-6-10(14-8)5-11-4-9-2-3-13-7-9/h2-3,6-7,11H,4-5H2,1H3. The van der Waals surface area contributed by atoms with Gasteiger partial charge in [0.2, 0.25) is 0 Å². The molecule has 0 amide bonds. The molecular formula is C10H12N2OS. The van der Waals surface area contributed by atoms with Crippen LogP contribution >= 0.6 is 11.3 Å². The van der Waals surface area contributed by atoms with Crippen molar-refractivity contribution in [2.45, 2.75) is 20.0 Å². The molecule has 14 heavy (non-hydrogen) atoms. The van der Waals surface area contributed by atoms with Gasteiger partial charge in [-0.1, -0.05) is 0 Å². The van der Waals surface area contributed by atoms with Gasteiger partial charge in [0.15, 0.2) is 0 Å². The molecule has 0 aromatic carbocycles. The molecule has 2 aromatic heterocycles. The second-order valence-corrected chi connectivity index (χ2v) is 4.40. The average Bonchev–Trinajstić information content (AvgIpc) is 2.77. The number of rotatable bonds is 4. The molecule has 0 aliphatic rings. The molecule has 0 saturated heterocycles. The summed E-state index contributed by atoms with van der Waals surface area (Å²) in [7, 11) is 0. The lowest BCUT2D eigenvalue weighted by molar-refractivity contribution is 0.560. The van der Waals surface area contributed by atoms with Gasteiger partial charge in [-0.15, -0.1) is 11.3 Å². The number of thiazole rings is 1. The van der Waals surface area contributed by atoms with E-state index in [0.717, 1.165) is 18.1 Å². The molecule has 2 rings (SSSR count). The van der Waals surface area contributed by atoms with Gasteiger partial charge in [-0.05, 0) is 13.0 Å². The zero-order chi connectivity index (χ0) is 9.80. The van der Waals surface area contributed by atoms with Crippen LogP contribution in [0.2, 0.25) is 0 Å². The van der Waals surface area contributed by atoms with Gasteiger partial charge in [0, 0.05) is 29.7 Å². The fraction of sp³-hybridized carbons (Fsp3) is 0.300. The van der Waals surface area contributed by atoms with E-state index in [2.05, 4.69) is 10.3 Å². The lowest BCUT2D eigenvalue weighted by Gasteiger charge is -1.98. The van der Waals surface area contributed by atoms with Gasteiger partial charge in [-0.3, -0.25) is 0 Å². The van der Waals surface area contributed by atoms with Crippen molar-refractivity contribution in [3.05, 3.63) is 40.2 Å². The third kappa shape index (κ3) is 2.43. The smallest absolute Gasteiger partial charge is 0.0947 e. The van der Waals surface area contributed by atoms with E-state index in [4.69, 9.17) is 4.42 Å². The molecule has 0 saturated carbocycles. The van der Waals surface area contributed by atoms with Crippen LogP contribution in [0.1, 0.15) is 15.4 Å². The van der Waals surface area contributed by atoms with Crippen LogP contribution < -0.4 is 5.32 Å². The molecule has 0 aliphatic heterocycles. The Labute approximate surface area is 86.8 Å². The summed E-state index contributed by atoms with van der Waals surface area (Å²) in [6.07, 6.45) is 5.36. The van der Waals surface area contributed by atoms with Crippen molar-refractivity contribution in [3.63, 3.8) is 0 Å². The SMILES string of the molecule is Cc1ncc(CNCc2ccoc2)s1. The van der Waals surface area contributed by atoms with Gasteiger partial charge in [0.25, 0.3) is 0 Å². The fourth-order valence-electron chi connectivity index (χ4n) is 1.21. The van der Waals surface area contributed by atoms with Gasteiger partial charge in [-0.25, -0.2) is 4.98 Å². The van der Waals surface area contributed by atoms with Crippen LogP contribution in [-0.4, -0.2) is 4.98 Å². The Balaban J connectivity index is 1.78. The normalized spacial score (nSPS) is 10.6. The number of nitrogens with zero attached hydrogens (tertiary/aromatic N) is 1. The van der Waals surface area contributed by atoms with Gasteiger partial charge in [0.05, 0.1) is 17.5 Å². The Morgan fingerprint density at radius 3 is 3.07 bits per heavy atom. The molecule has 0 atom stereocenters. The molecule has 4 heteroatoms. The molecule has 0 unspecified atom stereocenters. The van der Waals surface area contributed by atoms with Gasteiger partial charge in [-0.2, -0.15) is 0 Å². The first kappa shape index (κ1) is 9.43. The summed E-state index contributed by atoms with van der Waals surface area (Å²) in [4.78, 5) is 5.46. The van der Waals surface area contributed by atoms with Crippen molar-refractivity contribution in [3.8, 4) is 0 Å². The predicted octanol–water partition coefficient (Wildman–Crippen LogP) is 2.33. The number of hydrogen-bond donors (Lipinski definition) is 1. The maximum absolute atomic E-state index is 4.97. The van der Waals surface area contributed by atoms with E-state index in [1.165, 1.54) is 10.4 Å². The Kier molecular flexibility index (Phi) is 2.96. The highest BCUT2D eigenvalue weighted by atomic mass is 32.1. The largest absolute Gasteiger partial charge is 0.472 e. The van der Waals surface area contributed by atoms with Crippen molar-refractivity contribution in [1.82, 2.24) is 10.3 Å². The summed E-state index contributed by atoms with van der Waals surface area (Å²) < 4.78 is 4.97. The van der Waals surface area contributed by atoms with Crippen LogP contribution in [0.25, 0.3) is 0 Å². The van der Waals surface area contributed by atoms with Crippen molar-refractivity contribution in [1.29, 1.82) is 0 Å². The fourth-order valence-corrected chi connectivity index (χ4v) is 1.97. The summed E-state index contributed by atoms with van der Waals surface area (Å²) in [5.41, 5.74) is 1.17. The molecule has 2 heterocycles. The third-order valence-corrected chi connectivity index (χ3v) is 2.79. The zero-order valence-corrected chi connectivity index (χ0v) is 8.80. The minimum Gasteiger partial charge on any atom is -0.472 e. The molecule has 0 aliphatic carbocycles. The van der Waals surface area contributed by atoms with Crippen LogP contribution in [0.5, 0.6) is 0 Å². The first-order valence-corrected chi connectivity index (χ1v) is 5.29. The second kappa shape index (κ2) is 4.39. The van der Waals surface area contributed by atoms with Crippen LogP contribution in [0, 0.1) is 6.92 Å². The lowest BCUT2D eigenvalue weighted by Crippen LogP contribution is -2.10. The third-order valence-electron chi connectivity index (χ3n) is 1.88. The summed E-state index contributed by atoms with van der Waals surface area (Å²) in [6.45, 7) is 3.73. The number of aryl methyl sites for hydroxylation is 1. The minimum atomic E-state index is 0.841. The summed E-state index contributed by atoms with van der Waals surface area (Å²) in [5, 5.41) is 4.44. The Bertz CT molecular complexity index is 380. The highest BCUT2D eigenvalue weighted by Crippen LogP contribution is 2.11. The Morgan fingerprint density at radius 1 is 1.50 bits per heavy atom. The number of aromatic nitrogens is 1. The van der Waals surface area contributed by atoms with Crippen LogP contribution in [0.3, 0.4) is 0 Å². The quantitative estimate of drug-likeness (QED) is 0.838. The minimum absolute atomic E-state index is 0.841. The molecule has 1 N–H and O–H groups in total. The number of hydrogen-bond acceptors (Lipinski definition) is 4. The summed E-state index contributed by atoms with van der Waals surface area (Å²) in [6, 6.07) is 1.96. The number of furan rings is 1. The lowest BCUT2D eigenvalue weighted by atomic mass is 10.3. The Hall–Kier alpha value is -1.13. The van der Waals surface area contributed by atoms with E-state index in [0.29, 0.717) is 0 Å². The summed E-state index contributed by atoms with van der Waals surface area (Å²) in [5.74, 6) is 0. The highest BCUT2D eigenvalue weighted by Gasteiger charge is 1.98. The van der Waals surface area contributed by atoms with Crippen LogP contribution in [-0.2, 0) is 13.1 Å². The van der Waals surface area contributed by atoms with Gasteiger partial charge >= 0.3 is 0 Å². The molecule has 3 nitrogen and oxygen atoms in total. The van der Waals surface area contributed by atoms with Crippen molar-refractivity contribution in [2.24, 2.45) is 0 Å². The van der Waals surface area contributed by atoms with E-state index in [1.807, 2.05) is 19.2 Å². The molecule has 2 aromatic rings. The van der Waals surface area contributed by atoms with Crippen molar-refractivity contribution < 1.29 is 4.42 Å². The van der Waals surface area contributed by atoms with Crippen LogP contribution in [0.4, 0.5) is 0 Å². The molecule has 74 valence electrons. The molecule has 0 radical (unpaired) electrons. The van der Waals surface area contributed by atoms with E-state index in [1.54, 1.807) is 23.9 Å². The topological polar surface area (TPSA) is 38.1 Å². The zero-order valence-electron chi connectivity index (χ0n) is 7.99. The average molecular weight is 208 g/mol. The van der Waals surface area contributed by atoms with E-state index in [-0.39, 0.29) is 0 Å². The molecular weight excluding hydrogens is 196 g/mol.